The molecule has 1 aromatic heterocycles. The predicted molar refractivity (Wildman–Crippen MR) is 55.7 cm³/mol. The Labute approximate surface area is 86.8 Å². The molecule has 0 radical (unpaired) electrons. The first-order valence-electron chi connectivity index (χ1n) is 4.34. The van der Waals surface area contributed by atoms with E-state index in [2.05, 4.69) is 29.3 Å². The maximum Gasteiger partial charge on any atom is 0.284 e. The molecule has 14 heavy (non-hydrogen) atoms. The van der Waals surface area contributed by atoms with Gasteiger partial charge in [0.1, 0.15) is 0 Å². The molecular formula is C10H10N2OS. The van der Waals surface area contributed by atoms with E-state index in [0.717, 1.165) is 0 Å². The van der Waals surface area contributed by atoms with Crippen LogP contribution in [0.25, 0.3) is 0 Å². The quantitative estimate of drug-likeness (QED) is 0.768. The van der Waals surface area contributed by atoms with Gasteiger partial charge in [0.15, 0.2) is 0 Å². The molecule has 0 aliphatic rings. The molecule has 0 amide bonds. The first-order valence-corrected chi connectivity index (χ1v) is 4.75. The van der Waals surface area contributed by atoms with Crippen LogP contribution >= 0.6 is 12.2 Å². The van der Waals surface area contributed by atoms with Crippen molar-refractivity contribution in [3.8, 4) is 0 Å². The van der Waals surface area contributed by atoms with Gasteiger partial charge in [-0.05, 0) is 30.3 Å². The number of hydrogen-bond acceptors (Lipinski definition) is 3. The standard InChI is InChI=1S/C10H10N2OS/c1-7-4-2-3-5-8(7)6-9-11-12-10(14)13-9/h2-5H,6H2,1H3,(H,12,14). The van der Waals surface area contributed by atoms with E-state index in [0.29, 0.717) is 17.1 Å². The van der Waals surface area contributed by atoms with E-state index < -0.39 is 0 Å². The minimum atomic E-state index is 0.327. The van der Waals surface area contributed by atoms with E-state index in [9.17, 15) is 0 Å². The smallest absolute Gasteiger partial charge is 0.284 e. The third-order valence-electron chi connectivity index (χ3n) is 2.09. The number of nitrogens with zero attached hydrogens (tertiary/aromatic N) is 1. The normalized spacial score (nSPS) is 10.4. The van der Waals surface area contributed by atoms with Crippen molar-refractivity contribution in [2.45, 2.75) is 13.3 Å². The second-order valence-electron chi connectivity index (χ2n) is 3.11. The van der Waals surface area contributed by atoms with Gasteiger partial charge in [0.2, 0.25) is 5.89 Å². The SMILES string of the molecule is Cc1ccccc1Cc1n[nH]c(=S)o1. The lowest BCUT2D eigenvalue weighted by atomic mass is 10.1. The summed E-state index contributed by atoms with van der Waals surface area (Å²) in [5.74, 6) is 0.629. The van der Waals surface area contributed by atoms with Crippen LogP contribution in [0.15, 0.2) is 28.7 Å². The largest absolute Gasteiger partial charge is 0.414 e. The van der Waals surface area contributed by atoms with Crippen molar-refractivity contribution >= 4 is 12.2 Å². The maximum absolute atomic E-state index is 5.19. The lowest BCUT2D eigenvalue weighted by Crippen LogP contribution is -1.91. The van der Waals surface area contributed by atoms with Crippen molar-refractivity contribution in [2.75, 3.05) is 0 Å². The third-order valence-corrected chi connectivity index (χ3v) is 2.26. The molecule has 0 aliphatic carbocycles. The summed E-state index contributed by atoms with van der Waals surface area (Å²) in [6.45, 7) is 2.07. The molecular weight excluding hydrogens is 196 g/mol. The summed E-state index contributed by atoms with van der Waals surface area (Å²) in [6.07, 6.45) is 0.680. The Morgan fingerprint density at radius 2 is 2.21 bits per heavy atom. The second-order valence-corrected chi connectivity index (χ2v) is 3.48. The van der Waals surface area contributed by atoms with E-state index >= 15 is 0 Å². The van der Waals surface area contributed by atoms with Crippen molar-refractivity contribution < 1.29 is 4.42 Å². The van der Waals surface area contributed by atoms with E-state index in [1.54, 1.807) is 0 Å². The van der Waals surface area contributed by atoms with Crippen LogP contribution in [-0.4, -0.2) is 10.2 Å². The second kappa shape index (κ2) is 3.75. The maximum atomic E-state index is 5.19. The van der Waals surface area contributed by atoms with E-state index in [-0.39, 0.29) is 0 Å². The Kier molecular flexibility index (Phi) is 2.45. The van der Waals surface area contributed by atoms with Crippen LogP contribution in [0.1, 0.15) is 17.0 Å². The monoisotopic (exact) mass is 206 g/mol. The summed E-state index contributed by atoms with van der Waals surface area (Å²) in [6, 6.07) is 8.14. The van der Waals surface area contributed by atoms with Gasteiger partial charge in [-0.15, -0.1) is 5.10 Å². The van der Waals surface area contributed by atoms with Crippen LogP contribution < -0.4 is 0 Å². The molecule has 0 bridgehead atoms. The number of H-pyrrole nitrogens is 1. The van der Waals surface area contributed by atoms with Crippen LogP contribution in [0, 0.1) is 11.8 Å². The molecule has 3 nitrogen and oxygen atoms in total. The number of aromatic amines is 1. The van der Waals surface area contributed by atoms with Gasteiger partial charge in [0.05, 0.1) is 6.42 Å². The Bertz CT molecular complexity index is 487. The number of aromatic nitrogens is 2. The van der Waals surface area contributed by atoms with Gasteiger partial charge < -0.3 is 4.42 Å². The molecule has 1 aromatic carbocycles. The number of hydrogen-bond donors (Lipinski definition) is 1. The fourth-order valence-electron chi connectivity index (χ4n) is 1.31. The van der Waals surface area contributed by atoms with Gasteiger partial charge in [0, 0.05) is 0 Å². The molecule has 0 saturated heterocycles. The molecule has 2 aromatic rings. The highest BCUT2D eigenvalue weighted by Crippen LogP contribution is 2.11. The van der Waals surface area contributed by atoms with Crippen LogP contribution in [0.4, 0.5) is 0 Å². The van der Waals surface area contributed by atoms with Gasteiger partial charge in [0.25, 0.3) is 4.84 Å². The average molecular weight is 206 g/mol. The summed E-state index contributed by atoms with van der Waals surface area (Å²) >= 11 is 4.80. The van der Waals surface area contributed by atoms with Gasteiger partial charge >= 0.3 is 0 Å². The highest BCUT2D eigenvalue weighted by Gasteiger charge is 2.03. The molecule has 0 unspecified atom stereocenters. The van der Waals surface area contributed by atoms with Crippen LogP contribution in [0.2, 0.25) is 0 Å². The molecule has 2 rings (SSSR count). The average Bonchev–Trinajstić information content (AvgIpc) is 2.56. The van der Waals surface area contributed by atoms with Crippen LogP contribution in [-0.2, 0) is 6.42 Å². The molecule has 4 heteroatoms. The lowest BCUT2D eigenvalue weighted by molar-refractivity contribution is 0.491. The van der Waals surface area contributed by atoms with Crippen LogP contribution in [0.5, 0.6) is 0 Å². The summed E-state index contributed by atoms with van der Waals surface area (Å²) in [5, 5.41) is 6.56. The number of rotatable bonds is 2. The van der Waals surface area contributed by atoms with Crippen LogP contribution in [0.3, 0.4) is 0 Å². The zero-order chi connectivity index (χ0) is 9.97. The van der Waals surface area contributed by atoms with Gasteiger partial charge in [-0.1, -0.05) is 24.3 Å². The Hall–Kier alpha value is -1.42. The lowest BCUT2D eigenvalue weighted by Gasteiger charge is -2.00. The first-order chi connectivity index (χ1) is 6.75. The summed E-state index contributed by atoms with van der Waals surface area (Å²) in [7, 11) is 0. The molecule has 0 spiro atoms. The number of nitrogens with one attached hydrogen (secondary N) is 1. The zero-order valence-electron chi connectivity index (χ0n) is 7.78. The minimum absolute atomic E-state index is 0.327. The zero-order valence-corrected chi connectivity index (χ0v) is 8.60. The minimum Gasteiger partial charge on any atom is -0.414 e. The van der Waals surface area contributed by atoms with Gasteiger partial charge in [-0.3, -0.25) is 0 Å². The molecule has 72 valence electrons. The predicted octanol–water partition coefficient (Wildman–Crippen LogP) is 2.63. The molecule has 0 saturated carbocycles. The Balaban J connectivity index is 2.27. The van der Waals surface area contributed by atoms with Crippen molar-refractivity contribution in [2.24, 2.45) is 0 Å². The highest BCUT2D eigenvalue weighted by molar-refractivity contribution is 7.71. The number of aryl methyl sites for hydroxylation is 1. The van der Waals surface area contributed by atoms with Crippen molar-refractivity contribution in [3.05, 3.63) is 46.1 Å². The molecule has 0 fully saturated rings. The topological polar surface area (TPSA) is 41.8 Å². The molecule has 0 atom stereocenters. The molecule has 1 N–H and O–H groups in total. The summed E-state index contributed by atoms with van der Waals surface area (Å²) in [5.41, 5.74) is 2.44. The van der Waals surface area contributed by atoms with Crippen molar-refractivity contribution in [1.82, 2.24) is 10.2 Å². The third kappa shape index (κ3) is 1.90. The fraction of sp³-hybridized carbons (Fsp3) is 0.200. The Morgan fingerprint density at radius 3 is 2.86 bits per heavy atom. The fourth-order valence-corrected chi connectivity index (χ4v) is 1.45. The van der Waals surface area contributed by atoms with E-state index in [1.165, 1.54) is 11.1 Å². The van der Waals surface area contributed by atoms with Gasteiger partial charge in [-0.2, -0.15) is 0 Å². The molecule has 1 heterocycles. The summed E-state index contributed by atoms with van der Waals surface area (Å²) in [4.78, 5) is 0.327. The van der Waals surface area contributed by atoms with E-state index in [4.69, 9.17) is 16.6 Å². The van der Waals surface area contributed by atoms with Crippen molar-refractivity contribution in [3.63, 3.8) is 0 Å². The van der Waals surface area contributed by atoms with Crippen molar-refractivity contribution in [1.29, 1.82) is 0 Å². The molecule has 0 aliphatic heterocycles. The van der Waals surface area contributed by atoms with E-state index in [1.807, 2.05) is 12.1 Å². The first kappa shape index (κ1) is 9.15. The van der Waals surface area contributed by atoms with Gasteiger partial charge in [-0.25, -0.2) is 5.10 Å². The summed E-state index contributed by atoms with van der Waals surface area (Å²) < 4.78 is 5.19. The number of benzene rings is 1. The highest BCUT2D eigenvalue weighted by atomic mass is 32.1. The Morgan fingerprint density at radius 1 is 1.43 bits per heavy atom.